The van der Waals surface area contributed by atoms with Gasteiger partial charge in [-0.15, -0.1) is 0 Å². The Labute approximate surface area is 128 Å². The number of nitrogens with one attached hydrogen (secondary N) is 1. The van der Waals surface area contributed by atoms with E-state index in [2.05, 4.69) is 35.3 Å². The molecule has 4 rings (SSSR count). The van der Waals surface area contributed by atoms with Crippen molar-refractivity contribution >= 4 is 10.9 Å². The molecule has 0 unspecified atom stereocenters. The molecule has 1 aromatic carbocycles. The minimum Gasteiger partial charge on any atom is -0.466 e. The van der Waals surface area contributed by atoms with Crippen LogP contribution in [0, 0.1) is 6.92 Å². The van der Waals surface area contributed by atoms with Crippen molar-refractivity contribution in [2.75, 3.05) is 0 Å². The van der Waals surface area contributed by atoms with Crippen molar-refractivity contribution in [1.29, 1.82) is 0 Å². The van der Waals surface area contributed by atoms with Crippen LogP contribution in [-0.2, 0) is 12.8 Å². The van der Waals surface area contributed by atoms with E-state index in [-0.39, 0.29) is 0 Å². The number of aromatic nitrogens is 1. The number of fused-ring (bicyclic) bond motifs is 1. The van der Waals surface area contributed by atoms with E-state index in [0.717, 1.165) is 41.3 Å². The van der Waals surface area contributed by atoms with Gasteiger partial charge in [-0.25, -0.2) is 0 Å². The average molecular weight is 291 g/mol. The lowest BCUT2D eigenvalue weighted by Crippen LogP contribution is -1.89. The lowest BCUT2D eigenvalue weighted by Gasteiger charge is -2.00. The summed E-state index contributed by atoms with van der Waals surface area (Å²) in [6, 6.07) is 16.6. The van der Waals surface area contributed by atoms with Crippen LogP contribution in [0.2, 0.25) is 0 Å². The number of hydrogen-bond acceptors (Lipinski definition) is 2. The molecule has 0 radical (unpaired) electrons. The van der Waals surface area contributed by atoms with Gasteiger partial charge in [0.15, 0.2) is 0 Å². The number of furan rings is 2. The monoisotopic (exact) mass is 291 g/mol. The molecule has 22 heavy (non-hydrogen) atoms. The van der Waals surface area contributed by atoms with E-state index >= 15 is 0 Å². The molecule has 0 saturated carbocycles. The smallest absolute Gasteiger partial charge is 0.150 e. The highest BCUT2D eigenvalue weighted by molar-refractivity contribution is 5.85. The first kappa shape index (κ1) is 13.0. The molecule has 0 saturated heterocycles. The molecule has 0 bridgehead atoms. The van der Waals surface area contributed by atoms with Crippen molar-refractivity contribution < 1.29 is 8.83 Å². The Morgan fingerprint density at radius 3 is 2.73 bits per heavy atom. The molecule has 3 nitrogen and oxygen atoms in total. The van der Waals surface area contributed by atoms with Crippen LogP contribution in [-0.4, -0.2) is 4.98 Å². The van der Waals surface area contributed by atoms with Crippen LogP contribution in [0.1, 0.15) is 17.1 Å². The van der Waals surface area contributed by atoms with Crippen molar-refractivity contribution in [2.24, 2.45) is 0 Å². The predicted octanol–water partition coefficient (Wildman–Crippen LogP) is 5.11. The number of rotatable bonds is 4. The van der Waals surface area contributed by atoms with Crippen molar-refractivity contribution in [3.05, 3.63) is 71.9 Å². The maximum absolute atomic E-state index is 5.63. The summed E-state index contributed by atoms with van der Waals surface area (Å²) in [4.78, 5) is 3.39. The summed E-state index contributed by atoms with van der Waals surface area (Å²) in [7, 11) is 0. The molecule has 3 heteroatoms. The van der Waals surface area contributed by atoms with E-state index in [0.29, 0.717) is 0 Å². The minimum atomic E-state index is 0.865. The Balaban J connectivity index is 1.57. The molecule has 0 amide bonds. The van der Waals surface area contributed by atoms with E-state index in [1.807, 2.05) is 25.1 Å². The Morgan fingerprint density at radius 1 is 1.00 bits per heavy atom. The fourth-order valence-corrected chi connectivity index (χ4v) is 2.79. The highest BCUT2D eigenvalue weighted by atomic mass is 16.3. The summed E-state index contributed by atoms with van der Waals surface area (Å²) >= 11 is 0. The summed E-state index contributed by atoms with van der Waals surface area (Å²) < 4.78 is 11.1. The van der Waals surface area contributed by atoms with Crippen LogP contribution in [0.4, 0.5) is 0 Å². The van der Waals surface area contributed by atoms with E-state index in [4.69, 9.17) is 8.83 Å². The summed E-state index contributed by atoms with van der Waals surface area (Å²) in [6.07, 6.45) is 3.59. The quantitative estimate of drug-likeness (QED) is 0.567. The molecule has 0 aliphatic carbocycles. The molecule has 0 fully saturated rings. The molecule has 3 heterocycles. The zero-order valence-electron chi connectivity index (χ0n) is 12.4. The lowest BCUT2D eigenvalue weighted by molar-refractivity contribution is 0.482. The fourth-order valence-electron chi connectivity index (χ4n) is 2.79. The fraction of sp³-hybridized carbons (Fsp3) is 0.158. The number of aryl methyl sites for hydroxylation is 3. The largest absolute Gasteiger partial charge is 0.466 e. The van der Waals surface area contributed by atoms with Crippen LogP contribution < -0.4 is 0 Å². The van der Waals surface area contributed by atoms with Crippen LogP contribution in [0.5, 0.6) is 0 Å². The molecular formula is C19H17NO2. The van der Waals surface area contributed by atoms with Gasteiger partial charge in [-0.05, 0) is 61.4 Å². The number of hydrogen-bond donors (Lipinski definition) is 1. The molecular weight excluding hydrogens is 274 g/mol. The zero-order chi connectivity index (χ0) is 14.9. The van der Waals surface area contributed by atoms with Gasteiger partial charge < -0.3 is 13.8 Å². The predicted molar refractivity (Wildman–Crippen MR) is 86.9 cm³/mol. The van der Waals surface area contributed by atoms with Gasteiger partial charge in [0.1, 0.15) is 17.3 Å². The maximum Gasteiger partial charge on any atom is 0.150 e. The highest BCUT2D eigenvalue weighted by Gasteiger charge is 2.07. The van der Waals surface area contributed by atoms with Crippen LogP contribution in [0.15, 0.2) is 63.6 Å². The average Bonchev–Trinajstić information content (AvgIpc) is 3.24. The Kier molecular flexibility index (Phi) is 3.11. The van der Waals surface area contributed by atoms with Gasteiger partial charge >= 0.3 is 0 Å². The molecule has 0 spiro atoms. The number of benzene rings is 1. The van der Waals surface area contributed by atoms with Crippen LogP contribution in [0.25, 0.3) is 22.4 Å². The first-order valence-corrected chi connectivity index (χ1v) is 7.49. The van der Waals surface area contributed by atoms with Gasteiger partial charge in [-0.3, -0.25) is 0 Å². The summed E-state index contributed by atoms with van der Waals surface area (Å²) in [5, 5.41) is 1.21. The second-order valence-corrected chi connectivity index (χ2v) is 5.59. The number of H-pyrrole nitrogens is 1. The summed E-state index contributed by atoms with van der Waals surface area (Å²) in [6.45, 7) is 1.98. The van der Waals surface area contributed by atoms with Gasteiger partial charge in [0.05, 0.1) is 12.0 Å². The third-order valence-electron chi connectivity index (χ3n) is 3.93. The maximum atomic E-state index is 5.63. The van der Waals surface area contributed by atoms with Crippen molar-refractivity contribution in [2.45, 2.75) is 19.8 Å². The van der Waals surface area contributed by atoms with Crippen molar-refractivity contribution in [3.63, 3.8) is 0 Å². The van der Waals surface area contributed by atoms with Crippen LogP contribution >= 0.6 is 0 Å². The molecule has 0 atom stereocenters. The van der Waals surface area contributed by atoms with E-state index in [1.54, 1.807) is 6.26 Å². The SMILES string of the molecule is Cc1ccc(CCc2ccc3[nH]c(-c4ccco4)cc3c2)o1. The Bertz CT molecular complexity index is 897. The normalized spacial score (nSPS) is 11.3. The highest BCUT2D eigenvalue weighted by Crippen LogP contribution is 2.25. The van der Waals surface area contributed by atoms with Gasteiger partial charge in [0, 0.05) is 17.3 Å². The molecule has 110 valence electrons. The first-order valence-electron chi connectivity index (χ1n) is 7.49. The molecule has 0 aliphatic rings. The second-order valence-electron chi connectivity index (χ2n) is 5.59. The molecule has 3 aromatic heterocycles. The molecule has 1 N–H and O–H groups in total. The molecule has 0 aliphatic heterocycles. The Morgan fingerprint density at radius 2 is 1.95 bits per heavy atom. The van der Waals surface area contributed by atoms with Crippen molar-refractivity contribution in [3.8, 4) is 11.5 Å². The van der Waals surface area contributed by atoms with E-state index in [9.17, 15) is 0 Å². The van der Waals surface area contributed by atoms with Gasteiger partial charge in [0.25, 0.3) is 0 Å². The van der Waals surface area contributed by atoms with Gasteiger partial charge in [-0.1, -0.05) is 6.07 Å². The van der Waals surface area contributed by atoms with E-state index in [1.165, 1.54) is 10.9 Å². The van der Waals surface area contributed by atoms with Gasteiger partial charge in [0.2, 0.25) is 0 Å². The summed E-state index contributed by atoms with van der Waals surface area (Å²) in [5.41, 5.74) is 3.45. The van der Waals surface area contributed by atoms with E-state index < -0.39 is 0 Å². The first-order chi connectivity index (χ1) is 10.8. The van der Waals surface area contributed by atoms with Gasteiger partial charge in [-0.2, -0.15) is 0 Å². The second kappa shape index (κ2) is 5.26. The minimum absolute atomic E-state index is 0.865. The molecule has 4 aromatic rings. The van der Waals surface area contributed by atoms with Crippen molar-refractivity contribution in [1.82, 2.24) is 4.98 Å². The Hall–Kier alpha value is -2.68. The number of aromatic amines is 1. The third-order valence-corrected chi connectivity index (χ3v) is 3.93. The third kappa shape index (κ3) is 2.46. The van der Waals surface area contributed by atoms with Crippen LogP contribution in [0.3, 0.4) is 0 Å². The zero-order valence-corrected chi connectivity index (χ0v) is 12.4. The lowest BCUT2D eigenvalue weighted by atomic mass is 10.1. The topological polar surface area (TPSA) is 42.1 Å². The standard InChI is InChI=1S/C19H17NO2/c1-13-4-7-16(22-13)8-5-14-6-9-17-15(11-14)12-18(20-17)19-3-2-10-21-19/h2-4,6-7,9-12,20H,5,8H2,1H3. The summed E-state index contributed by atoms with van der Waals surface area (Å²) in [5.74, 6) is 2.88.